The van der Waals surface area contributed by atoms with Crippen LogP contribution in [-0.2, 0) is 4.74 Å². The van der Waals surface area contributed by atoms with Crippen molar-refractivity contribution in [3.8, 4) is 0 Å². The normalized spacial score (nSPS) is 42.9. The molecule has 0 aromatic heterocycles. The van der Waals surface area contributed by atoms with Crippen molar-refractivity contribution in [2.24, 2.45) is 34.5 Å². The molecule has 174 valence electrons. The molecule has 0 unspecified atom stereocenters. The van der Waals surface area contributed by atoms with Gasteiger partial charge in [0.1, 0.15) is 0 Å². The summed E-state index contributed by atoms with van der Waals surface area (Å²) in [6.45, 7) is 16.4. The van der Waals surface area contributed by atoms with Crippen LogP contribution in [0.4, 0.5) is 0 Å². The quantitative estimate of drug-likeness (QED) is 0.453. The lowest BCUT2D eigenvalue weighted by Gasteiger charge is -2.59. The molecule has 0 aromatic rings. The molecule has 31 heavy (non-hydrogen) atoms. The van der Waals surface area contributed by atoms with Crippen LogP contribution in [0.15, 0.2) is 35.5 Å². The molecule has 0 spiro atoms. The fraction of sp³-hybridized carbons (Fsp3) is 0.793. The van der Waals surface area contributed by atoms with Gasteiger partial charge in [-0.1, -0.05) is 64.5 Å². The summed E-state index contributed by atoms with van der Waals surface area (Å²) in [5.74, 6) is 2.71. The lowest BCUT2D eigenvalue weighted by Crippen LogP contribution is -2.58. The number of hydrogen-bond donors (Lipinski definition) is 1. The van der Waals surface area contributed by atoms with Gasteiger partial charge in [0.2, 0.25) is 0 Å². The van der Waals surface area contributed by atoms with E-state index >= 15 is 0 Å². The largest absolute Gasteiger partial charge is 0.393 e. The van der Waals surface area contributed by atoms with Crippen molar-refractivity contribution in [2.75, 3.05) is 7.11 Å². The molecule has 2 nitrogen and oxygen atoms in total. The van der Waals surface area contributed by atoms with Gasteiger partial charge >= 0.3 is 0 Å². The summed E-state index contributed by atoms with van der Waals surface area (Å²) in [5.41, 5.74) is 4.95. The van der Waals surface area contributed by atoms with Gasteiger partial charge in [0.05, 0.1) is 11.7 Å². The maximum absolute atomic E-state index is 10.4. The van der Waals surface area contributed by atoms with Gasteiger partial charge in [-0.2, -0.15) is 0 Å². The second kappa shape index (κ2) is 8.17. The van der Waals surface area contributed by atoms with Crippen molar-refractivity contribution in [3.63, 3.8) is 0 Å². The molecule has 4 rings (SSSR count). The van der Waals surface area contributed by atoms with E-state index in [2.05, 4.69) is 53.3 Å². The molecule has 7 atom stereocenters. The summed E-state index contributed by atoms with van der Waals surface area (Å²) in [4.78, 5) is 0. The minimum atomic E-state index is -0.310. The predicted octanol–water partition coefficient (Wildman–Crippen LogP) is 7.24. The molecule has 0 heterocycles. The molecule has 2 saturated carbocycles. The summed E-state index contributed by atoms with van der Waals surface area (Å²) in [6, 6.07) is 0. The summed E-state index contributed by atoms with van der Waals surface area (Å²) in [5, 5.41) is 10.4. The maximum Gasteiger partial charge on any atom is 0.0945 e. The van der Waals surface area contributed by atoms with Gasteiger partial charge in [0.25, 0.3) is 0 Å². The van der Waals surface area contributed by atoms with Crippen LogP contribution in [0.3, 0.4) is 0 Å². The van der Waals surface area contributed by atoms with Gasteiger partial charge in [-0.25, -0.2) is 0 Å². The topological polar surface area (TPSA) is 29.5 Å². The fourth-order valence-electron chi connectivity index (χ4n) is 8.14. The van der Waals surface area contributed by atoms with Crippen LogP contribution in [0, 0.1) is 34.5 Å². The highest BCUT2D eigenvalue weighted by atomic mass is 16.5. The first-order valence-corrected chi connectivity index (χ1v) is 12.9. The smallest absolute Gasteiger partial charge is 0.0945 e. The van der Waals surface area contributed by atoms with E-state index in [1.54, 1.807) is 11.1 Å². The molecular formula is C29H46O2. The zero-order chi connectivity index (χ0) is 22.6. The molecule has 0 saturated heterocycles. The van der Waals surface area contributed by atoms with E-state index in [-0.39, 0.29) is 17.1 Å². The van der Waals surface area contributed by atoms with E-state index in [0.717, 1.165) is 31.1 Å². The van der Waals surface area contributed by atoms with Crippen LogP contribution in [0.5, 0.6) is 0 Å². The van der Waals surface area contributed by atoms with Gasteiger partial charge in [0.15, 0.2) is 0 Å². The van der Waals surface area contributed by atoms with Crippen LogP contribution in [0.25, 0.3) is 0 Å². The zero-order valence-corrected chi connectivity index (χ0v) is 21.0. The van der Waals surface area contributed by atoms with Crippen molar-refractivity contribution >= 4 is 0 Å². The van der Waals surface area contributed by atoms with Crippen LogP contribution < -0.4 is 0 Å². The number of allylic oxidation sites excluding steroid dienone is 4. The third-order valence-corrected chi connectivity index (χ3v) is 10.5. The van der Waals surface area contributed by atoms with Crippen LogP contribution >= 0.6 is 0 Å². The molecule has 2 heteroatoms. The Balaban J connectivity index is 1.63. The number of hydrogen-bond acceptors (Lipinski definition) is 2. The number of aliphatic hydroxyl groups excluding tert-OH is 1. The Morgan fingerprint density at radius 3 is 2.61 bits per heavy atom. The van der Waals surface area contributed by atoms with Crippen molar-refractivity contribution in [1.82, 2.24) is 0 Å². The van der Waals surface area contributed by atoms with Crippen molar-refractivity contribution in [3.05, 3.63) is 35.5 Å². The zero-order valence-electron chi connectivity index (χ0n) is 21.0. The van der Waals surface area contributed by atoms with Gasteiger partial charge in [-0.05, 0) is 86.0 Å². The minimum absolute atomic E-state index is 0.0953. The average molecular weight is 427 g/mol. The second-order valence-corrected chi connectivity index (χ2v) is 12.2. The molecule has 1 N–H and O–H groups in total. The first-order valence-electron chi connectivity index (χ1n) is 12.9. The lowest BCUT2D eigenvalue weighted by atomic mass is 9.49. The van der Waals surface area contributed by atoms with E-state index in [1.807, 2.05) is 7.11 Å². The SMILES string of the molecule is C=C(CC[C@@H](C)[C@H]1CCC2=C3C=C[C@@]4(OC)C[C@@H](O)CC[C@]4(C)[C@H]3CC[C@@]21C)C(C)C. The highest BCUT2D eigenvalue weighted by Crippen LogP contribution is 2.65. The van der Waals surface area contributed by atoms with E-state index in [4.69, 9.17) is 4.74 Å². The Bertz CT molecular complexity index is 776. The highest BCUT2D eigenvalue weighted by molar-refractivity contribution is 5.44. The Kier molecular flexibility index (Phi) is 6.14. The van der Waals surface area contributed by atoms with Crippen LogP contribution in [0.2, 0.25) is 0 Å². The number of aliphatic hydroxyl groups is 1. The Morgan fingerprint density at radius 1 is 1.19 bits per heavy atom. The van der Waals surface area contributed by atoms with E-state index in [0.29, 0.717) is 17.3 Å². The van der Waals surface area contributed by atoms with Crippen molar-refractivity contribution in [2.45, 2.75) is 104 Å². The molecule has 4 aliphatic rings. The van der Waals surface area contributed by atoms with Gasteiger partial charge < -0.3 is 9.84 Å². The Morgan fingerprint density at radius 2 is 1.94 bits per heavy atom. The number of methoxy groups -OCH3 is 1. The Labute approximate surface area is 191 Å². The predicted molar refractivity (Wildman–Crippen MR) is 130 cm³/mol. The lowest BCUT2D eigenvalue weighted by molar-refractivity contribution is -0.151. The summed E-state index contributed by atoms with van der Waals surface area (Å²) in [7, 11) is 1.85. The molecule has 4 aliphatic carbocycles. The first-order chi connectivity index (χ1) is 14.6. The van der Waals surface area contributed by atoms with E-state index in [1.165, 1.54) is 44.1 Å². The highest BCUT2D eigenvalue weighted by Gasteiger charge is 2.60. The van der Waals surface area contributed by atoms with E-state index in [9.17, 15) is 5.11 Å². The summed E-state index contributed by atoms with van der Waals surface area (Å²) >= 11 is 0. The van der Waals surface area contributed by atoms with E-state index < -0.39 is 0 Å². The van der Waals surface area contributed by atoms with Gasteiger partial charge in [-0.3, -0.25) is 0 Å². The van der Waals surface area contributed by atoms with Gasteiger partial charge in [-0.15, -0.1) is 0 Å². The average Bonchev–Trinajstić information content (AvgIpc) is 3.09. The monoisotopic (exact) mass is 426 g/mol. The molecule has 0 amide bonds. The molecule has 0 aliphatic heterocycles. The molecule has 0 radical (unpaired) electrons. The standard InChI is InChI=1S/C29H46O2/c1-19(2)20(3)8-9-21(4)24-10-11-25-23-13-17-29(31-7)18-22(30)12-16-28(29,6)26(23)14-15-27(24,25)5/h13,17,19,21-22,24,26,30H,3,8-12,14-16,18H2,1-2,4-7H3/t21-,22+,24-,26+,27-,28-,29-/m1/s1. The van der Waals surface area contributed by atoms with Crippen molar-refractivity contribution in [1.29, 1.82) is 0 Å². The number of fused-ring (bicyclic) bond motifs is 4. The third kappa shape index (κ3) is 3.52. The Hall–Kier alpha value is -0.860. The fourth-order valence-corrected chi connectivity index (χ4v) is 8.14. The third-order valence-electron chi connectivity index (χ3n) is 10.5. The molecular weight excluding hydrogens is 380 g/mol. The molecule has 2 fully saturated rings. The molecule has 0 aromatic carbocycles. The summed E-state index contributed by atoms with van der Waals surface area (Å²) in [6.07, 6.45) is 14.9. The number of rotatable bonds is 6. The molecule has 0 bridgehead atoms. The maximum atomic E-state index is 10.4. The van der Waals surface area contributed by atoms with Crippen LogP contribution in [-0.4, -0.2) is 23.9 Å². The number of ether oxygens (including phenoxy) is 1. The van der Waals surface area contributed by atoms with Gasteiger partial charge in [0, 0.05) is 18.9 Å². The minimum Gasteiger partial charge on any atom is -0.393 e. The van der Waals surface area contributed by atoms with Crippen LogP contribution in [0.1, 0.15) is 92.4 Å². The first kappa shape index (κ1) is 23.3. The summed E-state index contributed by atoms with van der Waals surface area (Å²) < 4.78 is 6.20. The second-order valence-electron chi connectivity index (χ2n) is 12.2. The van der Waals surface area contributed by atoms with Crippen molar-refractivity contribution < 1.29 is 9.84 Å².